The molecule has 0 saturated carbocycles. The van der Waals surface area contributed by atoms with E-state index in [9.17, 15) is 0 Å². The lowest BCUT2D eigenvalue weighted by Gasteiger charge is -2.06. The molecule has 0 saturated heterocycles. The first-order valence-electron chi connectivity index (χ1n) is 3.65. The lowest BCUT2D eigenvalue weighted by Crippen LogP contribution is -2.18. The minimum atomic E-state index is 0.823. The largest absolute Gasteiger partial charge is 0.313 e. The molecule has 0 aliphatic carbocycles. The van der Waals surface area contributed by atoms with E-state index in [1.807, 2.05) is 0 Å². The summed E-state index contributed by atoms with van der Waals surface area (Å²) in [5, 5.41) is 3.35. The Morgan fingerprint density at radius 1 is 1.67 bits per heavy atom. The third kappa shape index (κ3) is 2.19. The van der Waals surface area contributed by atoms with Crippen molar-refractivity contribution < 1.29 is 0 Å². The van der Waals surface area contributed by atoms with Crippen molar-refractivity contribution in [3.63, 3.8) is 0 Å². The predicted molar refractivity (Wildman–Crippen MR) is 40.4 cm³/mol. The Morgan fingerprint density at radius 2 is 2.44 bits per heavy atom. The normalized spacial score (nSPS) is 29.1. The highest BCUT2D eigenvalue weighted by atomic mass is 14.8. The zero-order chi connectivity index (χ0) is 6.69. The van der Waals surface area contributed by atoms with E-state index in [4.69, 9.17) is 0 Å². The molecule has 52 valence electrons. The zero-order valence-corrected chi connectivity index (χ0v) is 6.28. The molecule has 1 heteroatoms. The van der Waals surface area contributed by atoms with Crippen molar-refractivity contribution >= 4 is 0 Å². The average Bonchev–Trinajstić information content (AvgIpc) is 1.93. The molecule has 0 bridgehead atoms. The molecule has 1 aliphatic heterocycles. The molecule has 1 heterocycles. The van der Waals surface area contributed by atoms with Gasteiger partial charge in [0.1, 0.15) is 0 Å². The van der Waals surface area contributed by atoms with Gasteiger partial charge in [-0.15, -0.1) is 0 Å². The van der Waals surface area contributed by atoms with Crippen LogP contribution in [0.5, 0.6) is 0 Å². The van der Waals surface area contributed by atoms with E-state index < -0.39 is 0 Å². The molecular weight excluding hydrogens is 110 g/mol. The summed E-state index contributed by atoms with van der Waals surface area (Å²) in [4.78, 5) is 0. The van der Waals surface area contributed by atoms with Crippen molar-refractivity contribution in [1.29, 1.82) is 0 Å². The van der Waals surface area contributed by atoms with Gasteiger partial charge in [0, 0.05) is 6.54 Å². The number of hydrogen-bond acceptors (Lipinski definition) is 1. The van der Waals surface area contributed by atoms with Crippen molar-refractivity contribution in [2.75, 3.05) is 13.1 Å². The van der Waals surface area contributed by atoms with E-state index in [1.54, 1.807) is 0 Å². The summed E-state index contributed by atoms with van der Waals surface area (Å²) in [6.07, 6.45) is 3.55. The van der Waals surface area contributed by atoms with Crippen LogP contribution >= 0.6 is 0 Å². The van der Waals surface area contributed by atoms with Gasteiger partial charge in [0.05, 0.1) is 0 Å². The molecule has 1 unspecified atom stereocenters. The Hall–Kier alpha value is -0.300. The fourth-order valence-corrected chi connectivity index (χ4v) is 1.28. The molecule has 0 aromatic heterocycles. The summed E-state index contributed by atoms with van der Waals surface area (Å²) in [6.45, 7) is 6.74. The Balaban J connectivity index is 2.44. The first-order chi connectivity index (χ1) is 4.29. The summed E-state index contributed by atoms with van der Waals surface area (Å²) < 4.78 is 0. The molecule has 0 aromatic carbocycles. The lowest BCUT2D eigenvalue weighted by atomic mass is 10.0. The van der Waals surface area contributed by atoms with Crippen LogP contribution in [0.1, 0.15) is 20.3 Å². The summed E-state index contributed by atoms with van der Waals surface area (Å²) >= 11 is 0. The average molecular weight is 125 g/mol. The van der Waals surface area contributed by atoms with E-state index in [0.717, 1.165) is 12.5 Å². The number of rotatable bonds is 0. The van der Waals surface area contributed by atoms with Crippen molar-refractivity contribution in [3.05, 3.63) is 11.6 Å². The maximum atomic E-state index is 3.35. The lowest BCUT2D eigenvalue weighted by molar-refractivity contribution is 0.543. The number of nitrogens with one attached hydrogen (secondary N) is 1. The van der Waals surface area contributed by atoms with Crippen LogP contribution in [0.4, 0.5) is 0 Å². The monoisotopic (exact) mass is 125 g/mol. The zero-order valence-electron chi connectivity index (χ0n) is 6.28. The second-order valence-electron chi connectivity index (χ2n) is 3.02. The van der Waals surface area contributed by atoms with Crippen LogP contribution in [0.3, 0.4) is 0 Å². The van der Waals surface area contributed by atoms with Crippen LogP contribution in [0, 0.1) is 5.92 Å². The van der Waals surface area contributed by atoms with E-state index >= 15 is 0 Å². The number of hydrogen-bond donors (Lipinski definition) is 1. The fourth-order valence-electron chi connectivity index (χ4n) is 1.28. The van der Waals surface area contributed by atoms with E-state index in [1.165, 1.54) is 18.5 Å². The van der Waals surface area contributed by atoms with Crippen LogP contribution in [0.2, 0.25) is 0 Å². The third-order valence-electron chi connectivity index (χ3n) is 1.76. The smallest absolute Gasteiger partial charge is 0.0137 e. The predicted octanol–water partition coefficient (Wildman–Crippen LogP) is 1.56. The summed E-state index contributed by atoms with van der Waals surface area (Å²) in [5.74, 6) is 0.823. The van der Waals surface area contributed by atoms with Crippen LogP contribution in [-0.2, 0) is 0 Å². The molecule has 1 aliphatic rings. The standard InChI is InChI=1S/C8H15N/c1-7-3-4-9-6-8(2)5-7/h3,8-9H,4-6H2,1-2H3. The maximum Gasteiger partial charge on any atom is 0.0137 e. The van der Waals surface area contributed by atoms with Crippen LogP contribution in [-0.4, -0.2) is 13.1 Å². The molecule has 0 radical (unpaired) electrons. The van der Waals surface area contributed by atoms with Crippen molar-refractivity contribution in [1.82, 2.24) is 5.32 Å². The summed E-state index contributed by atoms with van der Waals surface area (Å²) in [5.41, 5.74) is 1.53. The molecule has 0 amide bonds. The Morgan fingerprint density at radius 3 is 3.22 bits per heavy atom. The first-order valence-corrected chi connectivity index (χ1v) is 3.65. The highest BCUT2D eigenvalue weighted by Crippen LogP contribution is 2.11. The van der Waals surface area contributed by atoms with Crippen LogP contribution < -0.4 is 5.32 Å². The van der Waals surface area contributed by atoms with Gasteiger partial charge in [-0.05, 0) is 25.8 Å². The SMILES string of the molecule is CC1=CCNCC(C)C1. The van der Waals surface area contributed by atoms with Gasteiger partial charge in [-0.1, -0.05) is 18.6 Å². The quantitative estimate of drug-likeness (QED) is 0.484. The minimum absolute atomic E-state index is 0.823. The molecule has 1 rings (SSSR count). The van der Waals surface area contributed by atoms with Gasteiger partial charge in [-0.3, -0.25) is 0 Å². The van der Waals surface area contributed by atoms with E-state index in [0.29, 0.717) is 0 Å². The molecule has 0 spiro atoms. The van der Waals surface area contributed by atoms with Gasteiger partial charge in [0.2, 0.25) is 0 Å². The third-order valence-corrected chi connectivity index (χ3v) is 1.76. The Kier molecular flexibility index (Phi) is 2.29. The van der Waals surface area contributed by atoms with E-state index in [2.05, 4.69) is 25.2 Å². The maximum absolute atomic E-state index is 3.35. The topological polar surface area (TPSA) is 12.0 Å². The van der Waals surface area contributed by atoms with Crippen molar-refractivity contribution in [2.24, 2.45) is 5.92 Å². The molecule has 0 fully saturated rings. The minimum Gasteiger partial charge on any atom is -0.313 e. The van der Waals surface area contributed by atoms with Crippen molar-refractivity contribution in [2.45, 2.75) is 20.3 Å². The van der Waals surface area contributed by atoms with Gasteiger partial charge < -0.3 is 5.32 Å². The number of allylic oxidation sites excluding steroid dienone is 1. The van der Waals surface area contributed by atoms with Crippen LogP contribution in [0.15, 0.2) is 11.6 Å². The molecule has 9 heavy (non-hydrogen) atoms. The summed E-state index contributed by atoms with van der Waals surface area (Å²) in [7, 11) is 0. The van der Waals surface area contributed by atoms with Gasteiger partial charge in [-0.2, -0.15) is 0 Å². The molecule has 1 atom stereocenters. The van der Waals surface area contributed by atoms with Gasteiger partial charge >= 0.3 is 0 Å². The van der Waals surface area contributed by atoms with E-state index in [-0.39, 0.29) is 0 Å². The first kappa shape index (κ1) is 6.81. The van der Waals surface area contributed by atoms with Gasteiger partial charge in [0.15, 0.2) is 0 Å². The summed E-state index contributed by atoms with van der Waals surface area (Å²) in [6, 6.07) is 0. The molecule has 1 N–H and O–H groups in total. The fraction of sp³-hybridized carbons (Fsp3) is 0.750. The van der Waals surface area contributed by atoms with Crippen molar-refractivity contribution in [3.8, 4) is 0 Å². The Labute approximate surface area is 57.1 Å². The molecule has 0 aromatic rings. The Bertz CT molecular complexity index is 116. The van der Waals surface area contributed by atoms with Gasteiger partial charge in [0.25, 0.3) is 0 Å². The molecule has 1 nitrogen and oxygen atoms in total. The highest BCUT2D eigenvalue weighted by Gasteiger charge is 2.04. The molecular formula is C8H15N. The highest BCUT2D eigenvalue weighted by molar-refractivity contribution is 5.02. The second kappa shape index (κ2) is 3.02. The van der Waals surface area contributed by atoms with Gasteiger partial charge in [-0.25, -0.2) is 0 Å². The van der Waals surface area contributed by atoms with Crippen LogP contribution in [0.25, 0.3) is 0 Å². The second-order valence-corrected chi connectivity index (χ2v) is 3.02.